The molecule has 0 radical (unpaired) electrons. The Kier molecular flexibility index (Phi) is 3.28. The van der Waals surface area contributed by atoms with E-state index < -0.39 is 9.85 Å². The highest BCUT2D eigenvalue weighted by atomic mass is 16.6. The SMILES string of the molecule is O=[N+]([O-])c1ccc(Nc2ncccc2[N+](=O)[O-])nc1. The summed E-state index contributed by atoms with van der Waals surface area (Å²) in [5.74, 6) is 0.251. The van der Waals surface area contributed by atoms with Crippen LogP contribution in [-0.4, -0.2) is 19.8 Å². The molecule has 0 aliphatic carbocycles. The standard InChI is InChI=1S/C10H7N5O4/c16-14(17)7-3-4-9(12-6-7)13-10-8(15(18)19)2-1-5-11-10/h1-6H,(H,11,12,13). The smallest absolute Gasteiger partial charge is 0.311 e. The largest absolute Gasteiger partial charge is 0.319 e. The highest BCUT2D eigenvalue weighted by molar-refractivity contribution is 5.63. The average Bonchev–Trinajstić information content (AvgIpc) is 2.39. The summed E-state index contributed by atoms with van der Waals surface area (Å²) in [4.78, 5) is 27.7. The second-order valence-electron chi connectivity index (χ2n) is 3.41. The fourth-order valence-corrected chi connectivity index (χ4v) is 1.33. The fourth-order valence-electron chi connectivity index (χ4n) is 1.33. The van der Waals surface area contributed by atoms with E-state index in [1.165, 1.54) is 30.5 Å². The van der Waals surface area contributed by atoms with E-state index >= 15 is 0 Å². The first-order chi connectivity index (χ1) is 9.08. The van der Waals surface area contributed by atoms with Crippen molar-refractivity contribution in [1.29, 1.82) is 0 Å². The predicted octanol–water partition coefficient (Wildman–Crippen LogP) is 2.04. The number of hydrogen-bond acceptors (Lipinski definition) is 7. The van der Waals surface area contributed by atoms with Gasteiger partial charge in [-0.15, -0.1) is 0 Å². The summed E-state index contributed by atoms with van der Waals surface area (Å²) in [6.07, 6.45) is 2.44. The fraction of sp³-hybridized carbons (Fsp3) is 0. The van der Waals surface area contributed by atoms with Crippen molar-refractivity contribution in [2.75, 3.05) is 5.32 Å². The summed E-state index contributed by atoms with van der Waals surface area (Å²) < 4.78 is 0. The third kappa shape index (κ3) is 2.77. The number of pyridine rings is 2. The Morgan fingerprint density at radius 2 is 1.84 bits per heavy atom. The molecule has 0 saturated carbocycles. The lowest BCUT2D eigenvalue weighted by Gasteiger charge is -2.04. The van der Waals surface area contributed by atoms with Gasteiger partial charge in [-0.1, -0.05) is 0 Å². The van der Waals surface area contributed by atoms with Crippen molar-refractivity contribution in [3.05, 3.63) is 56.9 Å². The number of nitro groups is 2. The molecule has 0 amide bonds. The van der Waals surface area contributed by atoms with Crippen LogP contribution in [0.1, 0.15) is 0 Å². The second-order valence-corrected chi connectivity index (χ2v) is 3.41. The van der Waals surface area contributed by atoms with Crippen molar-refractivity contribution in [2.45, 2.75) is 0 Å². The summed E-state index contributed by atoms with van der Waals surface area (Å²) in [7, 11) is 0. The normalized spacial score (nSPS) is 9.89. The minimum Gasteiger partial charge on any atom is -0.319 e. The van der Waals surface area contributed by atoms with Crippen LogP contribution < -0.4 is 5.32 Å². The van der Waals surface area contributed by atoms with Crippen molar-refractivity contribution in [3.8, 4) is 0 Å². The van der Waals surface area contributed by atoms with Crippen molar-refractivity contribution < 1.29 is 9.85 Å². The second kappa shape index (κ2) is 5.04. The molecule has 9 nitrogen and oxygen atoms in total. The van der Waals surface area contributed by atoms with Gasteiger partial charge in [0.1, 0.15) is 12.0 Å². The number of nitrogens with zero attached hydrogens (tertiary/aromatic N) is 4. The molecular formula is C10H7N5O4. The molecule has 0 unspecified atom stereocenters. The zero-order valence-corrected chi connectivity index (χ0v) is 9.39. The first-order valence-corrected chi connectivity index (χ1v) is 5.05. The Labute approximate surface area is 106 Å². The molecule has 0 aliphatic heterocycles. The van der Waals surface area contributed by atoms with Gasteiger partial charge in [-0.2, -0.15) is 0 Å². The van der Waals surface area contributed by atoms with Crippen molar-refractivity contribution in [3.63, 3.8) is 0 Å². The number of aromatic nitrogens is 2. The number of rotatable bonds is 4. The van der Waals surface area contributed by atoms with E-state index in [9.17, 15) is 20.2 Å². The van der Waals surface area contributed by atoms with E-state index in [1.54, 1.807) is 0 Å². The van der Waals surface area contributed by atoms with Crippen LogP contribution in [0.5, 0.6) is 0 Å². The topological polar surface area (TPSA) is 124 Å². The molecule has 0 bridgehead atoms. The Bertz CT molecular complexity index is 628. The lowest BCUT2D eigenvalue weighted by Crippen LogP contribution is -2.00. The first-order valence-electron chi connectivity index (χ1n) is 5.05. The van der Waals surface area contributed by atoms with Gasteiger partial charge in [0.05, 0.1) is 9.85 Å². The maximum absolute atomic E-state index is 10.8. The first kappa shape index (κ1) is 12.4. The lowest BCUT2D eigenvalue weighted by molar-refractivity contribution is -0.385. The monoisotopic (exact) mass is 261 g/mol. The molecule has 1 N–H and O–H groups in total. The number of hydrogen-bond donors (Lipinski definition) is 1. The molecular weight excluding hydrogens is 254 g/mol. The summed E-state index contributed by atoms with van der Waals surface area (Å²) in [6.45, 7) is 0. The van der Waals surface area contributed by atoms with Gasteiger partial charge in [0.15, 0.2) is 0 Å². The van der Waals surface area contributed by atoms with Gasteiger partial charge in [0.25, 0.3) is 5.69 Å². The van der Waals surface area contributed by atoms with Gasteiger partial charge in [0, 0.05) is 18.3 Å². The van der Waals surface area contributed by atoms with E-state index in [-0.39, 0.29) is 23.0 Å². The van der Waals surface area contributed by atoms with Gasteiger partial charge in [-0.05, 0) is 12.1 Å². The molecule has 0 aliphatic rings. The Morgan fingerprint density at radius 3 is 2.42 bits per heavy atom. The minimum absolute atomic E-state index is 0.0221. The summed E-state index contributed by atoms with van der Waals surface area (Å²) in [6, 6.07) is 5.31. The van der Waals surface area contributed by atoms with Gasteiger partial charge in [0.2, 0.25) is 5.82 Å². The van der Waals surface area contributed by atoms with Gasteiger partial charge in [-0.3, -0.25) is 20.2 Å². The van der Waals surface area contributed by atoms with E-state index in [4.69, 9.17) is 0 Å². The number of anilines is 2. The van der Waals surface area contributed by atoms with Gasteiger partial charge >= 0.3 is 5.69 Å². The number of nitrogens with one attached hydrogen (secondary N) is 1. The molecule has 0 atom stereocenters. The molecule has 9 heteroatoms. The summed E-state index contributed by atoms with van der Waals surface area (Å²) in [5, 5.41) is 23.9. The zero-order valence-electron chi connectivity index (χ0n) is 9.39. The van der Waals surface area contributed by atoms with E-state index in [2.05, 4.69) is 15.3 Å². The van der Waals surface area contributed by atoms with E-state index in [0.29, 0.717) is 0 Å². The van der Waals surface area contributed by atoms with Crippen molar-refractivity contribution in [2.24, 2.45) is 0 Å². The van der Waals surface area contributed by atoms with Crippen LogP contribution in [-0.2, 0) is 0 Å². The van der Waals surface area contributed by atoms with E-state index in [1.807, 2.05) is 0 Å². The quantitative estimate of drug-likeness (QED) is 0.659. The Balaban J connectivity index is 2.26. The molecule has 2 aromatic rings. The summed E-state index contributed by atoms with van der Waals surface area (Å²) in [5.41, 5.74) is -0.372. The van der Waals surface area contributed by atoms with Gasteiger partial charge in [-0.25, -0.2) is 9.97 Å². The van der Waals surface area contributed by atoms with Crippen LogP contribution in [0.15, 0.2) is 36.7 Å². The molecule has 0 spiro atoms. The van der Waals surface area contributed by atoms with Crippen LogP contribution in [0.2, 0.25) is 0 Å². The lowest BCUT2D eigenvalue weighted by atomic mass is 10.3. The molecule has 0 saturated heterocycles. The molecule has 2 aromatic heterocycles. The van der Waals surface area contributed by atoms with Crippen LogP contribution >= 0.6 is 0 Å². The molecule has 2 heterocycles. The maximum atomic E-state index is 10.8. The van der Waals surface area contributed by atoms with E-state index in [0.717, 1.165) is 6.20 Å². The van der Waals surface area contributed by atoms with Gasteiger partial charge < -0.3 is 5.32 Å². The molecule has 0 fully saturated rings. The van der Waals surface area contributed by atoms with Crippen LogP contribution in [0.3, 0.4) is 0 Å². The molecule has 19 heavy (non-hydrogen) atoms. The summed E-state index contributed by atoms with van der Waals surface area (Å²) >= 11 is 0. The minimum atomic E-state index is -0.583. The van der Waals surface area contributed by atoms with Crippen molar-refractivity contribution >= 4 is 23.0 Å². The highest BCUT2D eigenvalue weighted by Crippen LogP contribution is 2.24. The zero-order chi connectivity index (χ0) is 13.8. The average molecular weight is 261 g/mol. The molecule has 96 valence electrons. The Hall–Kier alpha value is -3.10. The third-order valence-corrected chi connectivity index (χ3v) is 2.19. The van der Waals surface area contributed by atoms with Crippen molar-refractivity contribution in [1.82, 2.24) is 9.97 Å². The van der Waals surface area contributed by atoms with Crippen LogP contribution in [0.25, 0.3) is 0 Å². The molecule has 0 aromatic carbocycles. The maximum Gasteiger partial charge on any atom is 0.311 e. The van der Waals surface area contributed by atoms with Crippen LogP contribution in [0.4, 0.5) is 23.0 Å². The Morgan fingerprint density at radius 1 is 1.05 bits per heavy atom. The highest BCUT2D eigenvalue weighted by Gasteiger charge is 2.15. The molecule has 2 rings (SSSR count). The third-order valence-electron chi connectivity index (χ3n) is 2.19. The van der Waals surface area contributed by atoms with Crippen LogP contribution in [0, 0.1) is 20.2 Å². The predicted molar refractivity (Wildman–Crippen MR) is 65.1 cm³/mol.